The number of rotatable bonds is 4. The van der Waals surface area contributed by atoms with Gasteiger partial charge in [0.15, 0.2) is 5.76 Å². The number of nitrogens with zero attached hydrogens (tertiary/aromatic N) is 4. The number of pyridine rings is 1. The van der Waals surface area contributed by atoms with Crippen LogP contribution in [-0.4, -0.2) is 19.5 Å². The van der Waals surface area contributed by atoms with Crippen LogP contribution in [0.4, 0.5) is 0 Å². The van der Waals surface area contributed by atoms with Gasteiger partial charge in [0.2, 0.25) is 11.7 Å². The molecule has 0 N–H and O–H groups in total. The van der Waals surface area contributed by atoms with E-state index in [9.17, 15) is 0 Å². The predicted molar refractivity (Wildman–Crippen MR) is 198 cm³/mol. The van der Waals surface area contributed by atoms with Gasteiger partial charge in [-0.3, -0.25) is 9.55 Å². The highest BCUT2D eigenvalue weighted by Gasteiger charge is 2.36. The summed E-state index contributed by atoms with van der Waals surface area (Å²) in [6.07, 6.45) is 1.79. The minimum absolute atomic E-state index is 0.148. The summed E-state index contributed by atoms with van der Waals surface area (Å²) in [7, 11) is 0. The number of hydrogen-bond acceptors (Lipinski definition) is 4. The summed E-state index contributed by atoms with van der Waals surface area (Å²) < 4.78 is 9.00. The topological polar surface area (TPSA) is 56.7 Å². The molecule has 0 saturated heterocycles. The largest absolute Gasteiger partial charge is 0.435 e. The van der Waals surface area contributed by atoms with Crippen LogP contribution in [0.25, 0.3) is 83.8 Å². The van der Waals surface area contributed by atoms with Gasteiger partial charge in [-0.2, -0.15) is 4.98 Å². The number of hydrogen-bond donors (Lipinski definition) is 0. The van der Waals surface area contributed by atoms with E-state index in [0.717, 1.165) is 49.9 Å². The first-order valence-electron chi connectivity index (χ1n) is 16.6. The molecule has 0 atom stereocenters. The normalized spacial score (nSPS) is 13.3. The van der Waals surface area contributed by atoms with Gasteiger partial charge >= 0.3 is 0 Å². The van der Waals surface area contributed by atoms with Gasteiger partial charge in [-0.05, 0) is 58.1 Å². The fraction of sp³-hybridized carbons (Fsp3) is 0.0682. The van der Waals surface area contributed by atoms with Crippen molar-refractivity contribution in [3.8, 4) is 50.9 Å². The Balaban J connectivity index is 1.33. The van der Waals surface area contributed by atoms with Crippen LogP contribution in [0.1, 0.15) is 25.0 Å². The van der Waals surface area contributed by atoms with Crippen LogP contribution in [0.3, 0.4) is 0 Å². The second-order valence-electron chi connectivity index (χ2n) is 13.2. The van der Waals surface area contributed by atoms with Crippen LogP contribution in [0.5, 0.6) is 0 Å². The van der Waals surface area contributed by atoms with Gasteiger partial charge < -0.3 is 4.42 Å². The molecule has 5 heteroatoms. The molecule has 5 nitrogen and oxygen atoms in total. The van der Waals surface area contributed by atoms with Crippen molar-refractivity contribution in [1.29, 1.82) is 0 Å². The molecular weight excluding hydrogens is 601 g/mol. The van der Waals surface area contributed by atoms with Gasteiger partial charge in [0.1, 0.15) is 5.69 Å². The molecule has 0 unspecified atom stereocenters. The summed E-state index contributed by atoms with van der Waals surface area (Å²) in [5, 5.41) is 3.19. The lowest BCUT2D eigenvalue weighted by molar-refractivity contribution is 0.614. The van der Waals surface area contributed by atoms with Crippen molar-refractivity contribution in [1.82, 2.24) is 19.5 Å². The third-order valence-electron chi connectivity index (χ3n) is 10.1. The van der Waals surface area contributed by atoms with Crippen molar-refractivity contribution < 1.29 is 4.42 Å². The van der Waals surface area contributed by atoms with E-state index >= 15 is 0 Å². The second-order valence-corrected chi connectivity index (χ2v) is 13.2. The molecule has 4 heterocycles. The molecule has 0 fully saturated rings. The molecule has 232 valence electrons. The molecule has 0 spiro atoms. The van der Waals surface area contributed by atoms with Gasteiger partial charge in [0, 0.05) is 33.5 Å². The molecule has 10 rings (SSSR count). The van der Waals surface area contributed by atoms with Gasteiger partial charge in [-0.1, -0.05) is 123 Å². The van der Waals surface area contributed by atoms with Crippen molar-refractivity contribution in [2.24, 2.45) is 0 Å². The molecular formula is C44H30N4O. The highest BCUT2D eigenvalue weighted by atomic mass is 16.3. The van der Waals surface area contributed by atoms with Crippen LogP contribution in [0.2, 0.25) is 0 Å². The summed E-state index contributed by atoms with van der Waals surface area (Å²) >= 11 is 0. The number of para-hydroxylation sites is 1. The lowest BCUT2D eigenvalue weighted by Gasteiger charge is -2.21. The maximum absolute atomic E-state index is 6.79. The minimum Gasteiger partial charge on any atom is -0.435 e. The Kier molecular flexibility index (Phi) is 5.85. The van der Waals surface area contributed by atoms with Crippen molar-refractivity contribution >= 4 is 32.9 Å². The van der Waals surface area contributed by atoms with Crippen LogP contribution in [0.15, 0.2) is 150 Å². The third kappa shape index (κ3) is 4.02. The van der Waals surface area contributed by atoms with E-state index in [2.05, 4.69) is 103 Å². The smallest absolute Gasteiger partial charge is 0.238 e. The van der Waals surface area contributed by atoms with Crippen LogP contribution in [0, 0.1) is 0 Å². The number of fused-ring (bicyclic) bond motifs is 7. The highest BCUT2D eigenvalue weighted by molar-refractivity contribution is 6.12. The van der Waals surface area contributed by atoms with E-state index in [1.165, 1.54) is 27.6 Å². The molecule has 0 bridgehead atoms. The van der Waals surface area contributed by atoms with Crippen molar-refractivity contribution in [3.05, 3.63) is 157 Å². The van der Waals surface area contributed by atoms with Crippen molar-refractivity contribution in [2.45, 2.75) is 19.3 Å². The monoisotopic (exact) mass is 630 g/mol. The maximum Gasteiger partial charge on any atom is 0.238 e. The van der Waals surface area contributed by atoms with Gasteiger partial charge in [0.25, 0.3) is 0 Å². The minimum atomic E-state index is -0.148. The molecule has 1 aliphatic rings. The zero-order chi connectivity index (χ0) is 32.7. The Morgan fingerprint density at radius 1 is 0.592 bits per heavy atom. The molecule has 1 aliphatic carbocycles. The molecule has 49 heavy (non-hydrogen) atoms. The van der Waals surface area contributed by atoms with E-state index in [0.29, 0.717) is 17.4 Å². The lowest BCUT2D eigenvalue weighted by atomic mass is 9.82. The molecule has 4 aromatic heterocycles. The van der Waals surface area contributed by atoms with Crippen LogP contribution < -0.4 is 0 Å². The van der Waals surface area contributed by atoms with Crippen molar-refractivity contribution in [2.75, 3.05) is 0 Å². The summed E-state index contributed by atoms with van der Waals surface area (Å²) in [4.78, 5) is 15.4. The quantitative estimate of drug-likeness (QED) is 0.194. The van der Waals surface area contributed by atoms with E-state index in [-0.39, 0.29) is 5.41 Å². The van der Waals surface area contributed by atoms with Crippen LogP contribution >= 0.6 is 0 Å². The van der Waals surface area contributed by atoms with E-state index in [1.807, 2.05) is 54.6 Å². The van der Waals surface area contributed by atoms with Gasteiger partial charge in [0.05, 0.1) is 22.1 Å². The molecule has 0 saturated carbocycles. The average molecular weight is 631 g/mol. The maximum atomic E-state index is 6.79. The van der Waals surface area contributed by atoms with Gasteiger partial charge in [-0.15, -0.1) is 0 Å². The summed E-state index contributed by atoms with van der Waals surface area (Å²) in [6.45, 7) is 4.64. The van der Waals surface area contributed by atoms with E-state index in [1.54, 1.807) is 6.20 Å². The summed E-state index contributed by atoms with van der Waals surface area (Å²) in [6, 6.07) is 48.6. The molecule has 0 radical (unpaired) electrons. The third-order valence-corrected chi connectivity index (χ3v) is 10.1. The molecule has 0 aliphatic heterocycles. The first-order valence-corrected chi connectivity index (χ1v) is 16.6. The zero-order valence-electron chi connectivity index (χ0n) is 27.1. The Morgan fingerprint density at radius 3 is 2.10 bits per heavy atom. The Bertz CT molecular complexity index is 2720. The fourth-order valence-corrected chi connectivity index (χ4v) is 7.83. The standard InChI is InChI=1S/C44H30N4O/c1-44(2)33-21-11-9-19-29(33)31-25-32-30-20-10-12-23-36(30)48(37(32)26-34(31)44)43-46-40(28-17-7-4-8-18-28)39-38(27-15-5-3-6-16-27)41(49-42(39)47-43)35-22-13-14-24-45-35/h3-26H,1-2H3. The SMILES string of the molecule is CC1(C)c2ccccc2-c2cc3c4ccccc4n(-c4nc(-c5ccccc5)c5c(-c6ccccc6)c(-c6ccccn6)oc5n4)c3cc21. The van der Waals surface area contributed by atoms with E-state index < -0.39 is 0 Å². The Hall–Kier alpha value is -6.33. The molecule has 9 aromatic rings. The van der Waals surface area contributed by atoms with Crippen LogP contribution in [-0.2, 0) is 5.41 Å². The Morgan fingerprint density at radius 2 is 1.31 bits per heavy atom. The summed E-state index contributed by atoms with van der Waals surface area (Å²) in [5.41, 5.74) is 12.2. The average Bonchev–Trinajstić information content (AvgIpc) is 3.77. The second kappa shape index (κ2) is 10.3. The molecule has 5 aromatic carbocycles. The lowest BCUT2D eigenvalue weighted by Crippen LogP contribution is -2.15. The number of furan rings is 1. The first-order chi connectivity index (χ1) is 24.1. The van der Waals surface area contributed by atoms with Gasteiger partial charge in [-0.25, -0.2) is 4.98 Å². The Labute approximate surface area is 283 Å². The molecule has 0 amide bonds. The first kappa shape index (κ1) is 27.8. The van der Waals surface area contributed by atoms with Crippen molar-refractivity contribution in [3.63, 3.8) is 0 Å². The number of aromatic nitrogens is 4. The zero-order valence-corrected chi connectivity index (χ0v) is 27.1. The highest BCUT2D eigenvalue weighted by Crippen LogP contribution is 2.51. The summed E-state index contributed by atoms with van der Waals surface area (Å²) in [5.74, 6) is 1.23. The number of benzene rings is 5. The predicted octanol–water partition coefficient (Wildman–Crippen LogP) is 11.0. The van der Waals surface area contributed by atoms with E-state index in [4.69, 9.17) is 19.4 Å². The fourth-order valence-electron chi connectivity index (χ4n) is 7.83.